The molecule has 22 heavy (non-hydrogen) atoms. The summed E-state index contributed by atoms with van der Waals surface area (Å²) < 4.78 is 0. The Morgan fingerprint density at radius 3 is 1.41 bits per heavy atom. The van der Waals surface area contributed by atoms with Crippen LogP contribution in [0.4, 0.5) is 0 Å². The summed E-state index contributed by atoms with van der Waals surface area (Å²) in [6, 6.07) is 0. The van der Waals surface area contributed by atoms with Gasteiger partial charge in [-0.3, -0.25) is 0 Å². The molecule has 0 aromatic heterocycles. The lowest BCUT2D eigenvalue weighted by atomic mass is 9.94. The molecule has 2 aliphatic rings. The average molecular weight is 327 g/mol. The molecule has 2 aliphatic carbocycles. The van der Waals surface area contributed by atoms with Crippen LogP contribution in [0.5, 0.6) is 0 Å². The van der Waals surface area contributed by atoms with Gasteiger partial charge in [0.1, 0.15) is 0 Å². The quantitative estimate of drug-likeness (QED) is 0.453. The second kappa shape index (κ2) is 8.50. The maximum atomic E-state index is 2.47. The molecule has 2 atom stereocenters. The van der Waals surface area contributed by atoms with Crippen molar-refractivity contribution in [1.29, 1.82) is 0 Å². The highest BCUT2D eigenvalue weighted by molar-refractivity contribution is 7.61. The van der Waals surface area contributed by atoms with Gasteiger partial charge in [0.2, 0.25) is 0 Å². The lowest BCUT2D eigenvalue weighted by molar-refractivity contribution is 0.396. The van der Waals surface area contributed by atoms with Crippen molar-refractivity contribution in [3.05, 3.63) is 0 Å². The molecule has 2 rings (SSSR count). The summed E-state index contributed by atoms with van der Waals surface area (Å²) in [5, 5.41) is 0.992. The largest absolute Gasteiger partial charge is 0.0922 e. The highest BCUT2D eigenvalue weighted by Gasteiger charge is 2.45. The van der Waals surface area contributed by atoms with Crippen LogP contribution < -0.4 is 0 Å². The van der Waals surface area contributed by atoms with E-state index in [1.165, 1.54) is 51.4 Å². The Balaban J connectivity index is 0.000000406. The van der Waals surface area contributed by atoms with Gasteiger partial charge in [-0.1, -0.05) is 102 Å². The maximum absolute atomic E-state index is 2.47. The predicted molar refractivity (Wildman–Crippen MR) is 105 cm³/mol. The van der Waals surface area contributed by atoms with Crippen molar-refractivity contribution >= 4 is 7.92 Å². The van der Waals surface area contributed by atoms with Crippen molar-refractivity contribution in [3.8, 4) is 0 Å². The minimum Gasteiger partial charge on any atom is -0.0922 e. The fourth-order valence-electron chi connectivity index (χ4n) is 4.95. The van der Waals surface area contributed by atoms with Gasteiger partial charge in [0.05, 0.1) is 0 Å². The van der Waals surface area contributed by atoms with Crippen LogP contribution in [-0.4, -0.2) is 16.0 Å². The molecule has 132 valence electrons. The number of rotatable bonds is 2. The first-order chi connectivity index (χ1) is 10.0. The van der Waals surface area contributed by atoms with E-state index in [4.69, 9.17) is 0 Å². The molecule has 0 nitrogen and oxygen atoms in total. The molecule has 1 heteroatoms. The molecule has 2 unspecified atom stereocenters. The van der Waals surface area contributed by atoms with Crippen LogP contribution in [0.3, 0.4) is 0 Å². The molecule has 0 N–H and O–H groups in total. The predicted octanol–water partition coefficient (Wildman–Crippen LogP) is 7.84. The van der Waals surface area contributed by atoms with Crippen LogP contribution in [-0.2, 0) is 0 Å². The minimum absolute atomic E-state index is 0.0844. The van der Waals surface area contributed by atoms with Gasteiger partial charge < -0.3 is 0 Å². The van der Waals surface area contributed by atoms with E-state index in [2.05, 4.69) is 55.4 Å². The highest BCUT2D eigenvalue weighted by Crippen LogP contribution is 2.67. The third kappa shape index (κ3) is 6.14. The molecule has 0 heterocycles. The molecular formula is C21H43P. The average Bonchev–Trinajstić information content (AvgIpc) is 2.97. The Bertz CT molecular complexity index is 279. The topological polar surface area (TPSA) is 0 Å². The third-order valence-electron chi connectivity index (χ3n) is 5.41. The van der Waals surface area contributed by atoms with Crippen molar-refractivity contribution in [2.45, 2.75) is 123 Å². The smallest absolute Gasteiger partial charge is 0.0169 e. The SMILES string of the molecule is C1CCCC1.CC(C)C1CCCC1P(C(C)(C)C)C(C)(C)C. The molecule has 0 amide bonds. The van der Waals surface area contributed by atoms with Gasteiger partial charge >= 0.3 is 0 Å². The lowest BCUT2D eigenvalue weighted by Gasteiger charge is -2.48. The van der Waals surface area contributed by atoms with Crippen LogP contribution in [0.15, 0.2) is 0 Å². The Morgan fingerprint density at radius 1 is 0.682 bits per heavy atom. The van der Waals surface area contributed by atoms with Crippen molar-refractivity contribution in [3.63, 3.8) is 0 Å². The molecule has 0 aromatic rings. The molecule has 0 radical (unpaired) electrons. The summed E-state index contributed by atoms with van der Waals surface area (Å²) in [6.07, 6.45) is 11.9. The molecule has 0 spiro atoms. The zero-order valence-electron chi connectivity index (χ0n) is 16.8. The Labute approximate surface area is 143 Å². The summed E-state index contributed by atoms with van der Waals surface area (Å²) in [6.45, 7) is 19.7. The highest BCUT2D eigenvalue weighted by atomic mass is 31.1. The fourth-order valence-corrected chi connectivity index (χ4v) is 10.3. The molecule has 2 fully saturated rings. The molecular weight excluding hydrogens is 283 g/mol. The fraction of sp³-hybridized carbons (Fsp3) is 1.00. The standard InChI is InChI=1S/C16H33P.C5H10/c1-12(2)13-10-9-11-14(13)17(15(3,4)5)16(6,7)8;1-2-4-5-3-1/h12-14H,9-11H2,1-8H3;1-5H2. The Morgan fingerprint density at radius 2 is 1.09 bits per heavy atom. The zero-order valence-corrected chi connectivity index (χ0v) is 17.7. The van der Waals surface area contributed by atoms with Crippen molar-refractivity contribution in [2.24, 2.45) is 11.8 Å². The van der Waals surface area contributed by atoms with Gasteiger partial charge in [-0.25, -0.2) is 0 Å². The van der Waals surface area contributed by atoms with E-state index in [9.17, 15) is 0 Å². The first kappa shape index (κ1) is 20.5. The van der Waals surface area contributed by atoms with Crippen molar-refractivity contribution < 1.29 is 0 Å². The molecule has 0 bridgehead atoms. The molecule has 0 aliphatic heterocycles. The number of hydrogen-bond donors (Lipinski definition) is 0. The molecule has 0 saturated heterocycles. The van der Waals surface area contributed by atoms with E-state index in [-0.39, 0.29) is 7.92 Å². The molecule has 0 aromatic carbocycles. The molecule has 2 saturated carbocycles. The first-order valence-corrected chi connectivity index (χ1v) is 11.3. The minimum atomic E-state index is 0.0844. The van der Waals surface area contributed by atoms with E-state index in [0.29, 0.717) is 10.3 Å². The Hall–Kier alpha value is 0.430. The monoisotopic (exact) mass is 326 g/mol. The van der Waals surface area contributed by atoms with Gasteiger partial charge in [-0.2, -0.15) is 0 Å². The van der Waals surface area contributed by atoms with Crippen molar-refractivity contribution in [1.82, 2.24) is 0 Å². The van der Waals surface area contributed by atoms with Crippen molar-refractivity contribution in [2.75, 3.05) is 0 Å². The first-order valence-electron chi connectivity index (χ1n) is 9.84. The van der Waals surface area contributed by atoms with Gasteiger partial charge in [0.15, 0.2) is 0 Å². The summed E-state index contributed by atoms with van der Waals surface area (Å²) in [5.74, 6) is 1.86. The van der Waals surface area contributed by atoms with E-state index in [1.807, 2.05) is 0 Å². The second-order valence-corrected chi connectivity index (χ2v) is 14.0. The van der Waals surface area contributed by atoms with Crippen LogP contribution in [0.1, 0.15) is 107 Å². The van der Waals surface area contributed by atoms with Gasteiger partial charge in [0, 0.05) is 0 Å². The summed E-state index contributed by atoms with van der Waals surface area (Å²) in [5.41, 5.74) is 1.00. The van der Waals surface area contributed by atoms with Crippen LogP contribution in [0.25, 0.3) is 0 Å². The van der Waals surface area contributed by atoms with E-state index >= 15 is 0 Å². The third-order valence-corrected chi connectivity index (χ3v) is 9.61. The van der Waals surface area contributed by atoms with Crippen LogP contribution in [0, 0.1) is 11.8 Å². The summed E-state index contributed by atoms with van der Waals surface area (Å²) >= 11 is 0. The van der Waals surface area contributed by atoms with Gasteiger partial charge in [0.25, 0.3) is 0 Å². The summed E-state index contributed by atoms with van der Waals surface area (Å²) in [7, 11) is 0.0844. The van der Waals surface area contributed by atoms with Crippen LogP contribution in [0.2, 0.25) is 0 Å². The van der Waals surface area contributed by atoms with E-state index in [1.54, 1.807) is 0 Å². The summed E-state index contributed by atoms with van der Waals surface area (Å²) in [4.78, 5) is 0. The lowest BCUT2D eigenvalue weighted by Crippen LogP contribution is -2.34. The normalized spacial score (nSPS) is 26.5. The maximum Gasteiger partial charge on any atom is -0.0169 e. The van der Waals surface area contributed by atoms with Gasteiger partial charge in [-0.05, 0) is 40.6 Å². The van der Waals surface area contributed by atoms with E-state index < -0.39 is 0 Å². The zero-order chi connectivity index (χ0) is 17.0. The second-order valence-electron chi connectivity index (χ2n) is 9.89. The van der Waals surface area contributed by atoms with Crippen LogP contribution >= 0.6 is 7.92 Å². The van der Waals surface area contributed by atoms with Gasteiger partial charge in [-0.15, -0.1) is 0 Å². The number of hydrogen-bond acceptors (Lipinski definition) is 0. The Kier molecular flexibility index (Phi) is 7.92. The van der Waals surface area contributed by atoms with E-state index in [0.717, 1.165) is 17.5 Å².